The summed E-state index contributed by atoms with van der Waals surface area (Å²) < 4.78 is 5.50. The van der Waals surface area contributed by atoms with E-state index < -0.39 is 0 Å². The van der Waals surface area contributed by atoms with Gasteiger partial charge < -0.3 is 25.2 Å². The molecular weight excluding hydrogens is 480 g/mol. The van der Waals surface area contributed by atoms with Gasteiger partial charge in [-0.05, 0) is 42.8 Å². The molecule has 0 spiro atoms. The fraction of sp³-hybridized carbons (Fsp3) is 0.414. The molecule has 7 nitrogen and oxygen atoms in total. The molecule has 0 bridgehead atoms. The largest absolute Gasteiger partial charge is 0.481 e. The summed E-state index contributed by atoms with van der Waals surface area (Å²) in [6.07, 6.45) is 6.13. The molecule has 2 fully saturated rings. The SMILES string of the molecule is COc1cc(N2CCN(c3ccccc3)CC2)nc(NC(=S)NCC2(c3ccccc3)CCCCC2)n1. The zero-order valence-electron chi connectivity index (χ0n) is 21.5. The zero-order valence-corrected chi connectivity index (χ0v) is 22.3. The van der Waals surface area contributed by atoms with E-state index in [9.17, 15) is 0 Å². The van der Waals surface area contributed by atoms with E-state index in [0.29, 0.717) is 16.9 Å². The monoisotopic (exact) mass is 516 g/mol. The third-order valence-electron chi connectivity index (χ3n) is 7.63. The Kier molecular flexibility index (Phi) is 8.04. The second-order valence-electron chi connectivity index (χ2n) is 9.92. The molecule has 0 radical (unpaired) electrons. The average molecular weight is 517 g/mol. The lowest BCUT2D eigenvalue weighted by Crippen LogP contribution is -2.47. The summed E-state index contributed by atoms with van der Waals surface area (Å²) in [4.78, 5) is 14.0. The number of thiocarbonyl (C=S) groups is 1. The fourth-order valence-corrected chi connectivity index (χ4v) is 5.71. The maximum Gasteiger partial charge on any atom is 0.234 e. The number of nitrogens with zero attached hydrogens (tertiary/aromatic N) is 4. The van der Waals surface area contributed by atoms with Crippen molar-refractivity contribution in [3.05, 3.63) is 72.3 Å². The van der Waals surface area contributed by atoms with E-state index in [1.807, 2.05) is 6.07 Å². The smallest absolute Gasteiger partial charge is 0.234 e. The van der Waals surface area contributed by atoms with E-state index in [1.54, 1.807) is 7.11 Å². The topological polar surface area (TPSA) is 65.6 Å². The quantitative estimate of drug-likeness (QED) is 0.426. The molecule has 8 heteroatoms. The van der Waals surface area contributed by atoms with Crippen molar-refractivity contribution in [1.82, 2.24) is 15.3 Å². The molecular formula is C29H36N6OS. The summed E-state index contributed by atoms with van der Waals surface area (Å²) in [7, 11) is 1.63. The lowest BCUT2D eigenvalue weighted by Gasteiger charge is -2.38. The van der Waals surface area contributed by atoms with Crippen LogP contribution in [0.3, 0.4) is 0 Å². The molecule has 1 aromatic heterocycles. The fourth-order valence-electron chi connectivity index (χ4n) is 5.55. The minimum atomic E-state index is 0.101. The van der Waals surface area contributed by atoms with Gasteiger partial charge in [0.1, 0.15) is 5.82 Å². The predicted octanol–water partition coefficient (Wildman–Crippen LogP) is 5.00. The Hall–Kier alpha value is -3.39. The number of ether oxygens (including phenoxy) is 1. The average Bonchev–Trinajstić information content (AvgIpc) is 2.97. The van der Waals surface area contributed by atoms with Crippen molar-refractivity contribution in [2.45, 2.75) is 37.5 Å². The highest BCUT2D eigenvalue weighted by Crippen LogP contribution is 2.39. The lowest BCUT2D eigenvalue weighted by molar-refractivity contribution is 0.292. The summed E-state index contributed by atoms with van der Waals surface area (Å²) in [5.74, 6) is 1.82. The number of methoxy groups -OCH3 is 1. The number of benzene rings is 2. The van der Waals surface area contributed by atoms with E-state index in [0.717, 1.165) is 38.5 Å². The predicted molar refractivity (Wildman–Crippen MR) is 155 cm³/mol. The Morgan fingerprint density at radius 3 is 2.22 bits per heavy atom. The van der Waals surface area contributed by atoms with Crippen molar-refractivity contribution in [1.29, 1.82) is 0 Å². The van der Waals surface area contributed by atoms with E-state index in [4.69, 9.17) is 21.9 Å². The molecule has 0 unspecified atom stereocenters. The molecule has 2 aromatic carbocycles. The zero-order chi connectivity index (χ0) is 25.5. The normalized spacial score (nSPS) is 17.2. The van der Waals surface area contributed by atoms with Gasteiger partial charge in [-0.15, -0.1) is 0 Å². The van der Waals surface area contributed by atoms with Crippen LogP contribution in [0.2, 0.25) is 0 Å². The molecule has 37 heavy (non-hydrogen) atoms. The highest BCUT2D eigenvalue weighted by Gasteiger charge is 2.33. The number of rotatable bonds is 7. The standard InChI is InChI=1S/C29H36N6OS/c1-36-26-21-25(35-19-17-34(18-20-35)24-13-7-3-8-14-24)31-27(32-26)33-28(37)30-22-29(15-9-4-10-16-29)23-11-5-2-6-12-23/h2-3,5-8,11-14,21H,4,9-10,15-20,22H2,1H3,(H2,30,31,32,33,37). The minimum absolute atomic E-state index is 0.101. The van der Waals surface area contributed by atoms with E-state index in [-0.39, 0.29) is 5.41 Å². The van der Waals surface area contributed by atoms with Crippen LogP contribution in [0.5, 0.6) is 5.88 Å². The first-order chi connectivity index (χ1) is 18.1. The van der Waals surface area contributed by atoms with Crippen LogP contribution >= 0.6 is 12.2 Å². The number of nitrogens with one attached hydrogen (secondary N) is 2. The van der Waals surface area contributed by atoms with E-state index in [1.165, 1.54) is 43.4 Å². The Labute approximate surface area is 225 Å². The van der Waals surface area contributed by atoms with Crippen molar-refractivity contribution in [2.75, 3.05) is 55.0 Å². The molecule has 2 N–H and O–H groups in total. The molecule has 1 saturated carbocycles. The van der Waals surface area contributed by atoms with Crippen LogP contribution in [0.15, 0.2) is 66.7 Å². The lowest BCUT2D eigenvalue weighted by atomic mass is 9.69. The maximum absolute atomic E-state index is 5.69. The Bertz CT molecular complexity index is 1160. The number of para-hydroxylation sites is 1. The van der Waals surface area contributed by atoms with Crippen molar-refractivity contribution in [3.63, 3.8) is 0 Å². The van der Waals surface area contributed by atoms with Crippen LogP contribution in [0, 0.1) is 0 Å². The van der Waals surface area contributed by atoms with Crippen molar-refractivity contribution >= 4 is 34.8 Å². The molecule has 1 aliphatic heterocycles. The highest BCUT2D eigenvalue weighted by molar-refractivity contribution is 7.80. The van der Waals surface area contributed by atoms with Crippen LogP contribution in [0.4, 0.5) is 17.5 Å². The van der Waals surface area contributed by atoms with Crippen molar-refractivity contribution < 1.29 is 4.74 Å². The number of hydrogen-bond donors (Lipinski definition) is 2. The summed E-state index contributed by atoms with van der Waals surface area (Å²) >= 11 is 5.69. The maximum atomic E-state index is 5.69. The van der Waals surface area contributed by atoms with Crippen LogP contribution in [0.25, 0.3) is 0 Å². The Morgan fingerprint density at radius 2 is 1.54 bits per heavy atom. The molecule has 0 amide bonds. The van der Waals surface area contributed by atoms with Crippen molar-refractivity contribution in [3.8, 4) is 5.88 Å². The number of piperazine rings is 1. The van der Waals surface area contributed by atoms with Gasteiger partial charge in [0.05, 0.1) is 7.11 Å². The van der Waals surface area contributed by atoms with Gasteiger partial charge in [-0.25, -0.2) is 0 Å². The van der Waals surface area contributed by atoms with Gasteiger partial charge in [0.25, 0.3) is 0 Å². The molecule has 1 aliphatic carbocycles. The second-order valence-corrected chi connectivity index (χ2v) is 10.3. The van der Waals surface area contributed by atoms with Crippen LogP contribution in [-0.2, 0) is 5.41 Å². The van der Waals surface area contributed by atoms with Gasteiger partial charge in [0.2, 0.25) is 11.8 Å². The molecule has 194 valence electrons. The Morgan fingerprint density at radius 1 is 0.892 bits per heavy atom. The van der Waals surface area contributed by atoms with Gasteiger partial charge in [0, 0.05) is 49.9 Å². The van der Waals surface area contributed by atoms with Gasteiger partial charge >= 0.3 is 0 Å². The van der Waals surface area contributed by atoms with Gasteiger partial charge in [-0.1, -0.05) is 67.8 Å². The van der Waals surface area contributed by atoms with Crippen LogP contribution in [-0.4, -0.2) is 54.9 Å². The minimum Gasteiger partial charge on any atom is -0.481 e. The summed E-state index contributed by atoms with van der Waals surface area (Å²) in [6.45, 7) is 4.40. The van der Waals surface area contributed by atoms with Gasteiger partial charge in [-0.3, -0.25) is 0 Å². The summed E-state index contributed by atoms with van der Waals surface area (Å²) in [5.41, 5.74) is 2.75. The first-order valence-electron chi connectivity index (χ1n) is 13.2. The van der Waals surface area contributed by atoms with E-state index in [2.05, 4.69) is 86.1 Å². The number of aromatic nitrogens is 2. The first-order valence-corrected chi connectivity index (χ1v) is 13.6. The first kappa shape index (κ1) is 25.3. The van der Waals surface area contributed by atoms with Crippen LogP contribution in [0.1, 0.15) is 37.7 Å². The summed E-state index contributed by atoms with van der Waals surface area (Å²) in [5, 5.41) is 7.24. The molecule has 1 saturated heterocycles. The van der Waals surface area contributed by atoms with E-state index >= 15 is 0 Å². The highest BCUT2D eigenvalue weighted by atomic mass is 32.1. The molecule has 2 heterocycles. The third kappa shape index (κ3) is 6.13. The number of anilines is 3. The van der Waals surface area contributed by atoms with Gasteiger partial charge in [0.15, 0.2) is 5.11 Å². The Balaban J connectivity index is 1.23. The number of hydrogen-bond acceptors (Lipinski definition) is 6. The second kappa shape index (κ2) is 11.8. The molecule has 2 aliphatic rings. The summed E-state index contributed by atoms with van der Waals surface area (Å²) in [6, 6.07) is 23.3. The molecule has 3 aromatic rings. The van der Waals surface area contributed by atoms with Crippen LogP contribution < -0.4 is 25.2 Å². The molecule has 5 rings (SSSR count). The molecule has 0 atom stereocenters. The van der Waals surface area contributed by atoms with Crippen molar-refractivity contribution in [2.24, 2.45) is 0 Å². The third-order valence-corrected chi connectivity index (χ3v) is 7.88. The van der Waals surface area contributed by atoms with Gasteiger partial charge in [-0.2, -0.15) is 9.97 Å².